The van der Waals surface area contributed by atoms with Crippen LogP contribution in [0.5, 0.6) is 5.75 Å². The van der Waals surface area contributed by atoms with Crippen LogP contribution in [-0.4, -0.2) is 12.3 Å². The van der Waals surface area contributed by atoms with E-state index in [0.717, 1.165) is 0 Å². The fraction of sp³-hybridized carbons (Fsp3) is 0.125. The maximum absolute atomic E-state index is 5.90. The molecule has 0 bridgehead atoms. The van der Waals surface area contributed by atoms with E-state index in [2.05, 4.69) is 22.4 Å². The highest BCUT2D eigenvalue weighted by Crippen LogP contribution is 2.39. The Kier molecular flexibility index (Phi) is 3.70. The van der Waals surface area contributed by atoms with Gasteiger partial charge in [0.05, 0.1) is 17.3 Å². The van der Waals surface area contributed by atoms with Crippen LogP contribution in [0.3, 0.4) is 0 Å². The molecule has 0 N–H and O–H groups in total. The lowest BCUT2D eigenvalue weighted by atomic mass is 10.3. The van der Waals surface area contributed by atoms with Crippen molar-refractivity contribution in [2.75, 3.05) is 7.11 Å². The second-order valence-electron chi connectivity index (χ2n) is 2.12. The third-order valence-corrected chi connectivity index (χ3v) is 2.17. The van der Waals surface area contributed by atoms with Gasteiger partial charge in [0.25, 0.3) is 0 Å². The number of aliphatic imine (C=N–C) groups is 1. The van der Waals surface area contributed by atoms with Crippen LogP contribution in [0.1, 0.15) is 0 Å². The molecule has 5 heteroatoms. The summed E-state index contributed by atoms with van der Waals surface area (Å²) in [7, 11) is 1.51. The van der Waals surface area contributed by atoms with Crippen LogP contribution in [0.25, 0.3) is 0 Å². The number of thiocarbonyl (C=S) groups is 1. The fourth-order valence-electron chi connectivity index (χ4n) is 0.828. The highest BCUT2D eigenvalue weighted by Gasteiger charge is 2.09. The number of halogens is 2. The Bertz CT molecular complexity index is 375. The lowest BCUT2D eigenvalue weighted by Gasteiger charge is -2.05. The Hall–Kier alpha value is -0.600. The summed E-state index contributed by atoms with van der Waals surface area (Å²) in [4.78, 5) is 3.74. The van der Waals surface area contributed by atoms with E-state index < -0.39 is 0 Å². The second-order valence-corrected chi connectivity index (χ2v) is 3.08. The molecule has 1 aromatic carbocycles. The van der Waals surface area contributed by atoms with E-state index >= 15 is 0 Å². The molecule has 1 rings (SSSR count). The molecule has 0 aliphatic rings. The van der Waals surface area contributed by atoms with Crippen molar-refractivity contribution in [2.24, 2.45) is 4.99 Å². The number of ether oxygens (including phenoxy) is 1. The summed E-state index contributed by atoms with van der Waals surface area (Å²) in [5.74, 6) is 0.509. The van der Waals surface area contributed by atoms with E-state index in [0.29, 0.717) is 21.5 Å². The Morgan fingerprint density at radius 2 is 2.15 bits per heavy atom. The molecule has 0 atom stereocenters. The van der Waals surface area contributed by atoms with Gasteiger partial charge in [-0.15, -0.1) is 0 Å². The van der Waals surface area contributed by atoms with Gasteiger partial charge in [0, 0.05) is 0 Å². The number of hydrogen-bond donors (Lipinski definition) is 0. The minimum absolute atomic E-state index is 0.340. The minimum atomic E-state index is 0.340. The van der Waals surface area contributed by atoms with Gasteiger partial charge in [0.1, 0.15) is 16.5 Å². The van der Waals surface area contributed by atoms with E-state index in [1.54, 1.807) is 12.1 Å². The molecule has 2 nitrogen and oxygen atoms in total. The second kappa shape index (κ2) is 4.58. The Morgan fingerprint density at radius 1 is 1.46 bits per heavy atom. The van der Waals surface area contributed by atoms with Gasteiger partial charge in [0.15, 0.2) is 0 Å². The molecule has 0 aromatic heterocycles. The number of methoxy groups -OCH3 is 1. The molecule has 0 saturated carbocycles. The van der Waals surface area contributed by atoms with Crippen LogP contribution < -0.4 is 4.74 Å². The van der Waals surface area contributed by atoms with Crippen molar-refractivity contribution in [3.05, 3.63) is 22.2 Å². The molecule has 0 amide bonds. The van der Waals surface area contributed by atoms with Gasteiger partial charge in [0.2, 0.25) is 0 Å². The number of isothiocyanates is 1. The summed E-state index contributed by atoms with van der Waals surface area (Å²) in [6.45, 7) is 0. The zero-order valence-electron chi connectivity index (χ0n) is 6.67. The molecule has 13 heavy (non-hydrogen) atoms. The fourth-order valence-corrected chi connectivity index (χ4v) is 1.45. The molecule has 0 spiro atoms. The molecule has 0 aliphatic carbocycles. The summed E-state index contributed by atoms with van der Waals surface area (Å²) in [6.07, 6.45) is 0. The molecule has 0 radical (unpaired) electrons. The Labute approximate surface area is 91.1 Å². The van der Waals surface area contributed by atoms with Crippen molar-refractivity contribution in [1.29, 1.82) is 0 Å². The van der Waals surface area contributed by atoms with Crippen molar-refractivity contribution >= 4 is 46.3 Å². The van der Waals surface area contributed by atoms with Crippen LogP contribution in [0.15, 0.2) is 17.1 Å². The van der Waals surface area contributed by atoms with Crippen molar-refractivity contribution < 1.29 is 4.74 Å². The largest absolute Gasteiger partial charge is 0.495 e. The first-order valence-corrected chi connectivity index (χ1v) is 4.47. The minimum Gasteiger partial charge on any atom is -0.495 e. The van der Waals surface area contributed by atoms with Gasteiger partial charge in [-0.25, -0.2) is 0 Å². The van der Waals surface area contributed by atoms with Crippen LogP contribution in [-0.2, 0) is 0 Å². The van der Waals surface area contributed by atoms with Gasteiger partial charge >= 0.3 is 0 Å². The van der Waals surface area contributed by atoms with Crippen LogP contribution in [0.4, 0.5) is 5.69 Å². The van der Waals surface area contributed by atoms with Crippen molar-refractivity contribution in [1.82, 2.24) is 0 Å². The SMILES string of the molecule is COc1ccc(Cl)c(N=C=S)c1Cl. The lowest BCUT2D eigenvalue weighted by molar-refractivity contribution is 0.415. The van der Waals surface area contributed by atoms with Gasteiger partial charge in [-0.3, -0.25) is 0 Å². The Balaban J connectivity index is 3.37. The average molecular weight is 234 g/mol. The van der Waals surface area contributed by atoms with E-state index in [9.17, 15) is 0 Å². The molecule has 0 saturated heterocycles. The molecule has 1 aromatic rings. The molecule has 0 heterocycles. The van der Waals surface area contributed by atoms with Crippen molar-refractivity contribution in [2.45, 2.75) is 0 Å². The standard InChI is InChI=1S/C8H5Cl2NOS/c1-12-6-3-2-5(9)8(7(6)10)11-4-13/h2-3H,1H3. The first-order chi connectivity index (χ1) is 6.20. The molecule has 0 fully saturated rings. The first-order valence-electron chi connectivity index (χ1n) is 3.30. The van der Waals surface area contributed by atoms with E-state index in [-0.39, 0.29) is 0 Å². The maximum atomic E-state index is 5.90. The first kappa shape index (κ1) is 10.5. The van der Waals surface area contributed by atoms with Crippen LogP contribution in [0.2, 0.25) is 10.0 Å². The molecule has 0 unspecified atom stereocenters. The van der Waals surface area contributed by atoms with Gasteiger partial charge < -0.3 is 4.74 Å². The monoisotopic (exact) mass is 233 g/mol. The normalized spacial score (nSPS) is 9.15. The predicted octanol–water partition coefficient (Wildman–Crippen LogP) is 3.74. The van der Waals surface area contributed by atoms with Crippen LogP contribution >= 0.6 is 35.4 Å². The van der Waals surface area contributed by atoms with Gasteiger partial charge in [-0.1, -0.05) is 23.2 Å². The Morgan fingerprint density at radius 3 is 2.69 bits per heavy atom. The summed E-state index contributed by atoms with van der Waals surface area (Å²) >= 11 is 16.2. The zero-order chi connectivity index (χ0) is 9.84. The third-order valence-electron chi connectivity index (χ3n) is 1.41. The smallest absolute Gasteiger partial charge is 0.139 e. The van der Waals surface area contributed by atoms with Crippen molar-refractivity contribution in [3.8, 4) is 5.75 Å². The lowest BCUT2D eigenvalue weighted by Crippen LogP contribution is -1.84. The highest BCUT2D eigenvalue weighted by atomic mass is 35.5. The summed E-state index contributed by atoms with van der Waals surface area (Å²) < 4.78 is 4.97. The zero-order valence-corrected chi connectivity index (χ0v) is 9.00. The topological polar surface area (TPSA) is 21.6 Å². The van der Waals surface area contributed by atoms with E-state index in [1.165, 1.54) is 7.11 Å². The van der Waals surface area contributed by atoms with E-state index in [4.69, 9.17) is 27.9 Å². The quantitative estimate of drug-likeness (QED) is 0.574. The number of hydrogen-bond acceptors (Lipinski definition) is 3. The van der Waals surface area contributed by atoms with Gasteiger partial charge in [-0.05, 0) is 24.4 Å². The molecular weight excluding hydrogens is 229 g/mol. The summed E-state index contributed by atoms with van der Waals surface area (Å²) in [6, 6.07) is 3.30. The summed E-state index contributed by atoms with van der Waals surface area (Å²) in [5, 5.41) is 2.96. The maximum Gasteiger partial charge on any atom is 0.139 e. The number of rotatable bonds is 2. The molecular formula is C8H5Cl2NOS. The van der Waals surface area contributed by atoms with Crippen LogP contribution in [0, 0.1) is 0 Å². The van der Waals surface area contributed by atoms with Crippen molar-refractivity contribution in [3.63, 3.8) is 0 Å². The molecule has 0 aliphatic heterocycles. The van der Waals surface area contributed by atoms with Gasteiger partial charge in [-0.2, -0.15) is 4.99 Å². The summed E-state index contributed by atoms with van der Waals surface area (Å²) in [5.41, 5.74) is 0.387. The number of nitrogens with zero attached hydrogens (tertiary/aromatic N) is 1. The predicted molar refractivity (Wildman–Crippen MR) is 57.7 cm³/mol. The third kappa shape index (κ3) is 2.20. The number of benzene rings is 1. The highest BCUT2D eigenvalue weighted by molar-refractivity contribution is 7.78. The van der Waals surface area contributed by atoms with E-state index in [1.807, 2.05) is 0 Å². The average Bonchev–Trinajstić information content (AvgIpc) is 2.12. The molecule has 68 valence electrons.